The van der Waals surface area contributed by atoms with E-state index in [1.54, 1.807) is 0 Å². The highest BCUT2D eigenvalue weighted by molar-refractivity contribution is 5.96. The van der Waals surface area contributed by atoms with Gasteiger partial charge < -0.3 is 10.2 Å². The fourth-order valence-corrected chi connectivity index (χ4v) is 5.85. The van der Waals surface area contributed by atoms with E-state index >= 15 is 0 Å². The third-order valence-electron chi connectivity index (χ3n) is 6.87. The molecule has 1 N–H and O–H groups in total. The van der Waals surface area contributed by atoms with E-state index in [-0.39, 0.29) is 17.7 Å². The number of rotatable bonds is 4. The van der Waals surface area contributed by atoms with Crippen LogP contribution in [0.2, 0.25) is 0 Å². The van der Waals surface area contributed by atoms with Crippen LogP contribution in [0.5, 0.6) is 0 Å². The van der Waals surface area contributed by atoms with Gasteiger partial charge in [0.15, 0.2) is 0 Å². The van der Waals surface area contributed by atoms with Crippen LogP contribution in [0.25, 0.3) is 0 Å². The largest absolute Gasteiger partial charge is 0.338 e. The van der Waals surface area contributed by atoms with E-state index in [1.165, 1.54) is 32.1 Å². The van der Waals surface area contributed by atoms with Crippen LogP contribution < -0.4 is 5.32 Å². The van der Waals surface area contributed by atoms with Crippen LogP contribution >= 0.6 is 0 Å². The van der Waals surface area contributed by atoms with Crippen molar-refractivity contribution in [1.29, 1.82) is 0 Å². The van der Waals surface area contributed by atoms with Crippen LogP contribution in [-0.2, 0) is 4.79 Å². The smallest absolute Gasteiger partial charge is 0.253 e. The van der Waals surface area contributed by atoms with Crippen molar-refractivity contribution >= 4 is 17.5 Å². The monoisotopic (exact) mass is 354 g/mol. The molecular formula is C22H30N2O2. The molecular weight excluding hydrogens is 324 g/mol. The van der Waals surface area contributed by atoms with Crippen molar-refractivity contribution in [3.05, 3.63) is 29.8 Å². The lowest BCUT2D eigenvalue weighted by atomic mass is 9.54. The molecule has 0 unspecified atom stereocenters. The van der Waals surface area contributed by atoms with E-state index in [9.17, 15) is 9.59 Å². The predicted octanol–water partition coefficient (Wildman–Crippen LogP) is 4.18. The topological polar surface area (TPSA) is 49.4 Å². The molecule has 0 saturated heterocycles. The number of nitrogens with one attached hydrogen (secondary N) is 1. The summed E-state index contributed by atoms with van der Waals surface area (Å²) in [6.45, 7) is 3.74. The lowest BCUT2D eigenvalue weighted by Crippen LogP contribution is -2.56. The number of benzene rings is 1. The van der Waals surface area contributed by atoms with Gasteiger partial charge in [-0.3, -0.25) is 9.59 Å². The average Bonchev–Trinajstić information content (AvgIpc) is 2.60. The summed E-state index contributed by atoms with van der Waals surface area (Å²) in [6, 6.07) is 7.75. The maximum Gasteiger partial charge on any atom is 0.253 e. The maximum absolute atomic E-state index is 13.0. The third-order valence-corrected chi connectivity index (χ3v) is 6.87. The van der Waals surface area contributed by atoms with Crippen LogP contribution in [-0.4, -0.2) is 29.8 Å². The molecule has 5 rings (SSSR count). The molecule has 0 atom stereocenters. The number of nitrogens with zero attached hydrogens (tertiary/aromatic N) is 1. The zero-order valence-electron chi connectivity index (χ0n) is 16.1. The molecule has 4 nitrogen and oxygen atoms in total. The van der Waals surface area contributed by atoms with Gasteiger partial charge in [0, 0.05) is 30.3 Å². The lowest BCUT2D eigenvalue weighted by Gasteiger charge is -2.56. The second kappa shape index (κ2) is 6.71. The Morgan fingerprint density at radius 3 is 2.00 bits per heavy atom. The molecule has 0 radical (unpaired) electrons. The first kappa shape index (κ1) is 17.6. The number of anilines is 1. The van der Waals surface area contributed by atoms with Gasteiger partial charge in [-0.25, -0.2) is 0 Å². The molecule has 1 aromatic rings. The first-order chi connectivity index (χ1) is 12.4. The van der Waals surface area contributed by atoms with Gasteiger partial charge in [-0.2, -0.15) is 0 Å². The van der Waals surface area contributed by atoms with Crippen LogP contribution in [0, 0.1) is 29.6 Å². The quantitative estimate of drug-likeness (QED) is 0.882. The predicted molar refractivity (Wildman–Crippen MR) is 103 cm³/mol. The van der Waals surface area contributed by atoms with Crippen LogP contribution in [0.1, 0.15) is 56.3 Å². The van der Waals surface area contributed by atoms with Crippen molar-refractivity contribution in [2.45, 2.75) is 52.0 Å². The molecule has 0 aliphatic heterocycles. The first-order valence-corrected chi connectivity index (χ1v) is 10.1. The van der Waals surface area contributed by atoms with E-state index in [1.807, 2.05) is 50.1 Å². The number of amides is 2. The van der Waals surface area contributed by atoms with E-state index in [2.05, 4.69) is 5.32 Å². The molecule has 1 aromatic carbocycles. The zero-order valence-corrected chi connectivity index (χ0v) is 16.1. The summed E-state index contributed by atoms with van der Waals surface area (Å²) in [5, 5.41) is 2.88. The Morgan fingerprint density at radius 1 is 0.962 bits per heavy atom. The Labute approximate surface area is 156 Å². The molecule has 4 fully saturated rings. The molecule has 4 aliphatic rings. The van der Waals surface area contributed by atoms with E-state index in [4.69, 9.17) is 0 Å². The lowest BCUT2D eigenvalue weighted by molar-refractivity contribution is -0.118. The molecule has 4 saturated carbocycles. The van der Waals surface area contributed by atoms with Crippen LogP contribution in [0.3, 0.4) is 0 Å². The summed E-state index contributed by atoms with van der Waals surface area (Å²) >= 11 is 0. The van der Waals surface area contributed by atoms with E-state index < -0.39 is 0 Å². The van der Waals surface area contributed by atoms with Crippen molar-refractivity contribution in [2.24, 2.45) is 29.6 Å². The Bertz CT molecular complexity index is 667. The summed E-state index contributed by atoms with van der Waals surface area (Å²) in [5.74, 6) is 3.29. The molecule has 4 bridgehead atoms. The molecule has 4 heteroatoms. The highest BCUT2D eigenvalue weighted by Gasteiger charge is 2.50. The minimum absolute atomic E-state index is 0.00482. The zero-order chi connectivity index (χ0) is 18.4. The highest BCUT2D eigenvalue weighted by atomic mass is 16.2. The number of hydrogen-bond acceptors (Lipinski definition) is 2. The minimum Gasteiger partial charge on any atom is -0.338 e. The second-order valence-corrected chi connectivity index (χ2v) is 9.06. The standard InChI is InChI=1S/C22H30N2O2/c1-13(2)21(25)23-19-6-4-16(5-7-19)22(26)24(3)20-17-9-14-8-15(11-17)12-18(20)10-14/h4-7,13-15,17-18,20H,8-12H2,1-3H3,(H,23,25). The second-order valence-electron chi connectivity index (χ2n) is 9.06. The Kier molecular flexibility index (Phi) is 4.54. The molecule has 2 amide bonds. The van der Waals surface area contributed by atoms with Gasteiger partial charge in [0.25, 0.3) is 5.91 Å². The van der Waals surface area contributed by atoms with Crippen molar-refractivity contribution in [3.8, 4) is 0 Å². The van der Waals surface area contributed by atoms with Crippen molar-refractivity contribution in [1.82, 2.24) is 4.90 Å². The van der Waals surface area contributed by atoms with Gasteiger partial charge in [0.1, 0.15) is 0 Å². The number of carbonyl (C=O) groups is 2. The molecule has 26 heavy (non-hydrogen) atoms. The third kappa shape index (κ3) is 3.15. The summed E-state index contributed by atoms with van der Waals surface area (Å²) < 4.78 is 0. The van der Waals surface area contributed by atoms with Crippen molar-refractivity contribution < 1.29 is 9.59 Å². The Morgan fingerprint density at radius 2 is 1.50 bits per heavy atom. The molecule has 140 valence electrons. The Hall–Kier alpha value is -1.84. The van der Waals surface area contributed by atoms with Gasteiger partial charge >= 0.3 is 0 Å². The van der Waals surface area contributed by atoms with Gasteiger partial charge in [-0.1, -0.05) is 13.8 Å². The van der Waals surface area contributed by atoms with Crippen molar-refractivity contribution in [2.75, 3.05) is 12.4 Å². The highest BCUT2D eigenvalue weighted by Crippen LogP contribution is 2.55. The SMILES string of the molecule is CC(C)C(=O)Nc1ccc(C(=O)N(C)C2C3CC4CC(C3)CC2C4)cc1. The van der Waals surface area contributed by atoms with E-state index in [0.29, 0.717) is 23.4 Å². The summed E-state index contributed by atoms with van der Waals surface area (Å²) in [5.41, 5.74) is 1.46. The first-order valence-electron chi connectivity index (χ1n) is 10.1. The van der Waals surface area contributed by atoms with Crippen LogP contribution in [0.15, 0.2) is 24.3 Å². The number of carbonyl (C=O) groups excluding carboxylic acids is 2. The minimum atomic E-state index is -0.0561. The Balaban J connectivity index is 1.45. The molecule has 0 heterocycles. The molecule has 0 spiro atoms. The van der Waals surface area contributed by atoms with Gasteiger partial charge in [0.2, 0.25) is 5.91 Å². The average molecular weight is 354 g/mol. The van der Waals surface area contributed by atoms with Gasteiger partial charge in [-0.05, 0) is 80.0 Å². The number of hydrogen-bond donors (Lipinski definition) is 1. The fraction of sp³-hybridized carbons (Fsp3) is 0.636. The maximum atomic E-state index is 13.0. The summed E-state index contributed by atoms with van der Waals surface area (Å²) in [7, 11) is 1.99. The molecule has 4 aliphatic carbocycles. The van der Waals surface area contributed by atoms with Crippen LogP contribution in [0.4, 0.5) is 5.69 Å². The van der Waals surface area contributed by atoms with Gasteiger partial charge in [0.05, 0.1) is 0 Å². The van der Waals surface area contributed by atoms with E-state index in [0.717, 1.165) is 17.5 Å². The molecule has 0 aromatic heterocycles. The van der Waals surface area contributed by atoms with Gasteiger partial charge in [-0.15, -0.1) is 0 Å². The van der Waals surface area contributed by atoms with Crippen molar-refractivity contribution in [3.63, 3.8) is 0 Å². The summed E-state index contributed by atoms with van der Waals surface area (Å²) in [6.07, 6.45) is 6.69. The fourth-order valence-electron chi connectivity index (χ4n) is 5.85. The normalized spacial score (nSPS) is 31.9. The summed E-state index contributed by atoms with van der Waals surface area (Å²) in [4.78, 5) is 26.9.